The van der Waals surface area contributed by atoms with Crippen molar-refractivity contribution in [2.75, 3.05) is 23.3 Å². The summed E-state index contributed by atoms with van der Waals surface area (Å²) in [5, 5.41) is 6.04. The Hall–Kier alpha value is -3.60. The molecule has 34 heavy (non-hydrogen) atoms. The molecule has 3 aromatic carbocycles. The largest absolute Gasteiger partial charge is 0.366 e. The number of rotatable bonds is 9. The van der Waals surface area contributed by atoms with Gasteiger partial charge in [-0.25, -0.2) is 0 Å². The van der Waals surface area contributed by atoms with Gasteiger partial charge in [0.1, 0.15) is 0 Å². The van der Waals surface area contributed by atoms with E-state index < -0.39 is 0 Å². The van der Waals surface area contributed by atoms with Crippen LogP contribution in [-0.2, 0) is 24.2 Å². The molecule has 1 heterocycles. The maximum atomic E-state index is 13.3. The van der Waals surface area contributed by atoms with E-state index in [1.165, 1.54) is 16.7 Å². The molecule has 3 aromatic rings. The van der Waals surface area contributed by atoms with E-state index in [0.29, 0.717) is 24.2 Å². The SMILES string of the molecule is CCCCC(=O)Nc1ccc(N2CCc3ccccc3C2)c(C(=O)NCCc2ccccc2)c1. The number of carbonyl (C=O) groups excluding carboxylic acids is 2. The zero-order chi connectivity index (χ0) is 23.8. The minimum Gasteiger partial charge on any atom is -0.366 e. The van der Waals surface area contributed by atoms with Crippen LogP contribution in [0, 0.1) is 0 Å². The zero-order valence-electron chi connectivity index (χ0n) is 19.8. The quantitative estimate of drug-likeness (QED) is 0.457. The van der Waals surface area contributed by atoms with E-state index in [0.717, 1.165) is 44.5 Å². The molecular weight excluding hydrogens is 422 g/mol. The Morgan fingerprint density at radius 2 is 1.71 bits per heavy atom. The second kappa shape index (κ2) is 11.5. The third-order valence-corrected chi connectivity index (χ3v) is 6.30. The molecule has 5 heteroatoms. The average molecular weight is 456 g/mol. The molecule has 1 aliphatic rings. The van der Waals surface area contributed by atoms with E-state index in [-0.39, 0.29) is 11.8 Å². The van der Waals surface area contributed by atoms with Crippen molar-refractivity contribution < 1.29 is 9.59 Å². The van der Waals surface area contributed by atoms with Crippen LogP contribution in [0.4, 0.5) is 11.4 Å². The van der Waals surface area contributed by atoms with Crippen LogP contribution in [0.3, 0.4) is 0 Å². The first-order valence-electron chi connectivity index (χ1n) is 12.2. The number of nitrogens with zero attached hydrogens (tertiary/aromatic N) is 1. The lowest BCUT2D eigenvalue weighted by Gasteiger charge is -2.32. The van der Waals surface area contributed by atoms with Crippen LogP contribution in [0.2, 0.25) is 0 Å². The van der Waals surface area contributed by atoms with Crippen molar-refractivity contribution in [3.8, 4) is 0 Å². The topological polar surface area (TPSA) is 61.4 Å². The molecule has 0 atom stereocenters. The normalized spacial score (nSPS) is 12.7. The maximum Gasteiger partial charge on any atom is 0.253 e. The van der Waals surface area contributed by atoms with E-state index in [2.05, 4.69) is 58.9 Å². The van der Waals surface area contributed by atoms with Crippen molar-refractivity contribution in [3.63, 3.8) is 0 Å². The van der Waals surface area contributed by atoms with Gasteiger partial charge in [-0.1, -0.05) is 67.9 Å². The summed E-state index contributed by atoms with van der Waals surface area (Å²) in [6.07, 6.45) is 4.02. The number of benzene rings is 3. The minimum atomic E-state index is -0.116. The molecule has 0 spiro atoms. The zero-order valence-corrected chi connectivity index (χ0v) is 19.8. The molecule has 0 aromatic heterocycles. The number of hydrogen-bond donors (Lipinski definition) is 2. The molecule has 2 amide bonds. The van der Waals surface area contributed by atoms with Crippen molar-refractivity contribution in [3.05, 3.63) is 95.1 Å². The molecule has 176 valence electrons. The molecule has 0 saturated carbocycles. The van der Waals surface area contributed by atoms with Gasteiger partial charge in [0.05, 0.1) is 5.56 Å². The van der Waals surface area contributed by atoms with E-state index >= 15 is 0 Å². The summed E-state index contributed by atoms with van der Waals surface area (Å²) in [6.45, 7) is 4.24. The number of fused-ring (bicyclic) bond motifs is 1. The highest BCUT2D eigenvalue weighted by atomic mass is 16.2. The number of amides is 2. The summed E-state index contributed by atoms with van der Waals surface area (Å²) in [7, 11) is 0. The van der Waals surface area contributed by atoms with E-state index in [4.69, 9.17) is 0 Å². The summed E-state index contributed by atoms with van der Waals surface area (Å²) in [5.74, 6) is -0.133. The Bertz CT molecular complexity index is 1130. The Balaban J connectivity index is 1.53. The van der Waals surface area contributed by atoms with Crippen molar-refractivity contribution in [1.82, 2.24) is 5.32 Å². The lowest BCUT2D eigenvalue weighted by molar-refractivity contribution is -0.116. The standard InChI is InChI=1S/C29H33N3O2/c1-2-3-13-28(33)31-25-14-15-27(32-19-17-23-11-7-8-12-24(23)21-32)26(20-25)29(34)30-18-16-22-9-5-4-6-10-22/h4-12,14-15,20H,2-3,13,16-19,21H2,1H3,(H,30,34)(H,31,33). The van der Waals surface area contributed by atoms with Gasteiger partial charge in [0.25, 0.3) is 5.91 Å². The number of hydrogen-bond acceptors (Lipinski definition) is 3. The summed E-state index contributed by atoms with van der Waals surface area (Å²) in [6, 6.07) is 24.3. The van der Waals surface area contributed by atoms with Crippen LogP contribution in [0.15, 0.2) is 72.8 Å². The van der Waals surface area contributed by atoms with Gasteiger partial charge in [-0.3, -0.25) is 9.59 Å². The molecule has 0 unspecified atom stereocenters. The Morgan fingerprint density at radius 3 is 2.50 bits per heavy atom. The van der Waals surface area contributed by atoms with Crippen LogP contribution >= 0.6 is 0 Å². The fraction of sp³-hybridized carbons (Fsp3) is 0.310. The van der Waals surface area contributed by atoms with Crippen molar-refractivity contribution in [1.29, 1.82) is 0 Å². The van der Waals surface area contributed by atoms with Crippen LogP contribution in [0.25, 0.3) is 0 Å². The molecule has 1 aliphatic heterocycles. The van der Waals surface area contributed by atoms with Gasteiger partial charge in [0, 0.05) is 37.4 Å². The van der Waals surface area contributed by atoms with Crippen LogP contribution < -0.4 is 15.5 Å². The molecule has 0 radical (unpaired) electrons. The van der Waals surface area contributed by atoms with Crippen LogP contribution in [-0.4, -0.2) is 24.9 Å². The smallest absolute Gasteiger partial charge is 0.253 e. The summed E-state index contributed by atoms with van der Waals surface area (Å²) in [5.41, 5.74) is 6.01. The van der Waals surface area contributed by atoms with Gasteiger partial charge in [-0.2, -0.15) is 0 Å². The first kappa shape index (κ1) is 23.6. The second-order valence-electron chi connectivity index (χ2n) is 8.82. The molecule has 0 bridgehead atoms. The molecule has 4 rings (SSSR count). The maximum absolute atomic E-state index is 13.3. The monoisotopic (exact) mass is 455 g/mol. The molecule has 2 N–H and O–H groups in total. The highest BCUT2D eigenvalue weighted by Gasteiger charge is 2.22. The second-order valence-corrected chi connectivity index (χ2v) is 8.82. The molecule has 5 nitrogen and oxygen atoms in total. The number of carbonyl (C=O) groups is 2. The number of anilines is 2. The number of unbranched alkanes of at least 4 members (excludes halogenated alkanes) is 1. The molecule has 0 aliphatic carbocycles. The lowest BCUT2D eigenvalue weighted by atomic mass is 9.98. The van der Waals surface area contributed by atoms with E-state index in [9.17, 15) is 9.59 Å². The average Bonchev–Trinajstić information content (AvgIpc) is 2.87. The van der Waals surface area contributed by atoms with Gasteiger partial charge in [0.15, 0.2) is 0 Å². The number of nitrogens with one attached hydrogen (secondary N) is 2. The van der Waals surface area contributed by atoms with Gasteiger partial charge in [0.2, 0.25) is 5.91 Å². The molecular formula is C29H33N3O2. The lowest BCUT2D eigenvalue weighted by Crippen LogP contribution is -2.33. The molecule has 0 fully saturated rings. The summed E-state index contributed by atoms with van der Waals surface area (Å²) >= 11 is 0. The third-order valence-electron chi connectivity index (χ3n) is 6.30. The Labute approximate surface area is 202 Å². The van der Waals surface area contributed by atoms with Gasteiger partial charge >= 0.3 is 0 Å². The predicted molar refractivity (Wildman–Crippen MR) is 138 cm³/mol. The third kappa shape index (κ3) is 6.04. The van der Waals surface area contributed by atoms with Crippen LogP contribution in [0.5, 0.6) is 0 Å². The molecule has 0 saturated heterocycles. The highest BCUT2D eigenvalue weighted by molar-refractivity contribution is 6.02. The minimum absolute atomic E-state index is 0.0167. The van der Waals surface area contributed by atoms with Gasteiger partial charge in [-0.05, 0) is 54.2 Å². The van der Waals surface area contributed by atoms with E-state index in [1.54, 1.807) is 0 Å². The fourth-order valence-electron chi connectivity index (χ4n) is 4.39. The van der Waals surface area contributed by atoms with Gasteiger partial charge in [-0.15, -0.1) is 0 Å². The summed E-state index contributed by atoms with van der Waals surface area (Å²) < 4.78 is 0. The van der Waals surface area contributed by atoms with Crippen LogP contribution in [0.1, 0.15) is 53.2 Å². The Kier molecular flexibility index (Phi) is 7.97. The van der Waals surface area contributed by atoms with Crippen molar-refractivity contribution >= 4 is 23.2 Å². The summed E-state index contributed by atoms with van der Waals surface area (Å²) in [4.78, 5) is 27.8. The van der Waals surface area contributed by atoms with Crippen molar-refractivity contribution in [2.24, 2.45) is 0 Å². The van der Waals surface area contributed by atoms with E-state index in [1.807, 2.05) is 36.4 Å². The Morgan fingerprint density at radius 1 is 0.941 bits per heavy atom. The van der Waals surface area contributed by atoms with Crippen molar-refractivity contribution in [2.45, 2.75) is 45.6 Å². The fourth-order valence-corrected chi connectivity index (χ4v) is 4.39. The first-order valence-corrected chi connectivity index (χ1v) is 12.2. The predicted octanol–water partition coefficient (Wildman–Crippen LogP) is 5.35. The first-order chi connectivity index (χ1) is 16.6. The van der Waals surface area contributed by atoms with Gasteiger partial charge < -0.3 is 15.5 Å². The highest BCUT2D eigenvalue weighted by Crippen LogP contribution is 2.29.